The van der Waals surface area contributed by atoms with Crippen LogP contribution in [0.5, 0.6) is 0 Å². The number of halogens is 1. The Morgan fingerprint density at radius 1 is 1.09 bits per heavy atom. The smallest absolute Gasteiger partial charge is 0.150 e. The van der Waals surface area contributed by atoms with E-state index in [1.165, 1.54) is 36.8 Å². The quantitative estimate of drug-likeness (QED) is 0.293. The summed E-state index contributed by atoms with van der Waals surface area (Å²) in [7, 11) is 2.07. The van der Waals surface area contributed by atoms with E-state index < -0.39 is 0 Å². The van der Waals surface area contributed by atoms with Gasteiger partial charge in [-0.05, 0) is 87.2 Å². The standard InChI is InChI=1S/C21H30FN.C8H8O/c1-5-7-19(20-14-18(22)12-8-15(20)3)17-10-9-16(6-2)21(23-4)13-11-17;1-7-2-4-8(6-9)5-3-7/h5,7-8,12,14,16-17,21,23H,1,6,9-11,13H2,2-4H3;2-6H,1H3/b19-7-;. The second-order valence-electron chi connectivity index (χ2n) is 8.76. The summed E-state index contributed by atoms with van der Waals surface area (Å²) in [5.41, 5.74) is 5.36. The monoisotopic (exact) mass is 435 g/mol. The van der Waals surface area contributed by atoms with Gasteiger partial charge in [0, 0.05) is 11.6 Å². The molecule has 0 aromatic heterocycles. The van der Waals surface area contributed by atoms with Gasteiger partial charge in [0.05, 0.1) is 0 Å². The number of hydrogen-bond acceptors (Lipinski definition) is 2. The highest BCUT2D eigenvalue weighted by atomic mass is 19.1. The molecule has 1 aliphatic carbocycles. The molecule has 1 saturated carbocycles. The van der Waals surface area contributed by atoms with Gasteiger partial charge in [-0.1, -0.05) is 68.0 Å². The van der Waals surface area contributed by atoms with Gasteiger partial charge in [-0.3, -0.25) is 4.79 Å². The highest BCUT2D eigenvalue weighted by Crippen LogP contribution is 2.38. The summed E-state index contributed by atoms with van der Waals surface area (Å²) in [6, 6.07) is 13.2. The van der Waals surface area contributed by atoms with Crippen molar-refractivity contribution in [2.45, 2.75) is 58.9 Å². The minimum absolute atomic E-state index is 0.159. The van der Waals surface area contributed by atoms with Crippen LogP contribution in [0.1, 0.15) is 66.1 Å². The largest absolute Gasteiger partial charge is 0.317 e. The first-order chi connectivity index (χ1) is 15.4. The Bertz CT molecular complexity index is 886. The molecule has 1 N–H and O–H groups in total. The molecule has 2 aromatic rings. The predicted octanol–water partition coefficient (Wildman–Crippen LogP) is 7.32. The Kier molecular flexibility index (Phi) is 10.6. The maximum atomic E-state index is 13.8. The van der Waals surface area contributed by atoms with E-state index in [1.54, 1.807) is 12.1 Å². The van der Waals surface area contributed by atoms with Crippen molar-refractivity contribution in [2.24, 2.45) is 11.8 Å². The van der Waals surface area contributed by atoms with E-state index in [0.717, 1.165) is 35.3 Å². The summed E-state index contributed by atoms with van der Waals surface area (Å²) < 4.78 is 13.8. The molecule has 0 aliphatic heterocycles. The van der Waals surface area contributed by atoms with Crippen molar-refractivity contribution < 1.29 is 9.18 Å². The predicted molar refractivity (Wildman–Crippen MR) is 134 cm³/mol. The first-order valence-electron chi connectivity index (χ1n) is 11.7. The van der Waals surface area contributed by atoms with E-state index in [4.69, 9.17) is 0 Å². The maximum absolute atomic E-state index is 13.8. The van der Waals surface area contributed by atoms with Crippen LogP contribution < -0.4 is 5.32 Å². The molecule has 2 nitrogen and oxygen atoms in total. The summed E-state index contributed by atoms with van der Waals surface area (Å²) in [5, 5.41) is 3.50. The van der Waals surface area contributed by atoms with Crippen LogP contribution in [0, 0.1) is 31.5 Å². The lowest BCUT2D eigenvalue weighted by Crippen LogP contribution is -2.32. The third kappa shape index (κ3) is 7.27. The van der Waals surface area contributed by atoms with E-state index >= 15 is 0 Å². The fourth-order valence-corrected chi connectivity index (χ4v) is 4.68. The molecule has 2 aromatic carbocycles. The van der Waals surface area contributed by atoms with Crippen LogP contribution in [-0.4, -0.2) is 19.4 Å². The molecule has 1 fully saturated rings. The Morgan fingerprint density at radius 3 is 2.38 bits per heavy atom. The van der Waals surface area contributed by atoms with Crippen LogP contribution in [0.15, 0.2) is 61.2 Å². The molecule has 0 radical (unpaired) electrons. The van der Waals surface area contributed by atoms with Crippen molar-refractivity contribution in [1.82, 2.24) is 5.32 Å². The lowest BCUT2D eigenvalue weighted by Gasteiger charge is -2.22. The molecule has 0 saturated heterocycles. The second-order valence-corrected chi connectivity index (χ2v) is 8.76. The number of carbonyl (C=O) groups is 1. The fourth-order valence-electron chi connectivity index (χ4n) is 4.68. The van der Waals surface area contributed by atoms with E-state index in [-0.39, 0.29) is 5.82 Å². The second kappa shape index (κ2) is 13.1. The molecule has 3 atom stereocenters. The minimum atomic E-state index is -0.159. The summed E-state index contributed by atoms with van der Waals surface area (Å²) >= 11 is 0. The summed E-state index contributed by atoms with van der Waals surface area (Å²) in [6.07, 6.45) is 10.7. The fraction of sp³-hybridized carbons (Fsp3) is 0.414. The third-order valence-electron chi connectivity index (χ3n) is 6.64. The minimum Gasteiger partial charge on any atom is -0.317 e. The van der Waals surface area contributed by atoms with Gasteiger partial charge in [0.25, 0.3) is 0 Å². The number of allylic oxidation sites excluding steroid dienone is 3. The molecule has 0 spiro atoms. The van der Waals surface area contributed by atoms with Crippen LogP contribution in [0.3, 0.4) is 0 Å². The van der Waals surface area contributed by atoms with Gasteiger partial charge >= 0.3 is 0 Å². The number of aryl methyl sites for hydroxylation is 2. The SMILES string of the molecule is C=C/C=C(\c1cc(F)ccc1C)C1CCC(CC)C(NC)CC1.Cc1ccc(C=O)cc1. The molecular formula is C29H38FNO. The Balaban J connectivity index is 0.000000336. The van der Waals surface area contributed by atoms with Crippen molar-refractivity contribution in [3.63, 3.8) is 0 Å². The van der Waals surface area contributed by atoms with Crippen LogP contribution in [-0.2, 0) is 0 Å². The first kappa shape index (κ1) is 25.7. The van der Waals surface area contributed by atoms with Crippen LogP contribution in [0.2, 0.25) is 0 Å². The molecule has 1 aliphatic rings. The molecule has 0 bridgehead atoms. The highest BCUT2D eigenvalue weighted by Gasteiger charge is 2.27. The highest BCUT2D eigenvalue weighted by molar-refractivity contribution is 5.74. The third-order valence-corrected chi connectivity index (χ3v) is 6.64. The number of nitrogens with one attached hydrogen (secondary N) is 1. The van der Waals surface area contributed by atoms with Crippen LogP contribution in [0.4, 0.5) is 4.39 Å². The van der Waals surface area contributed by atoms with Crippen LogP contribution in [0.25, 0.3) is 5.57 Å². The zero-order valence-corrected chi connectivity index (χ0v) is 20.0. The van der Waals surface area contributed by atoms with Gasteiger partial charge in [-0.2, -0.15) is 0 Å². The van der Waals surface area contributed by atoms with E-state index in [1.807, 2.05) is 43.3 Å². The lowest BCUT2D eigenvalue weighted by atomic mass is 9.84. The molecule has 0 amide bonds. The Hall–Kier alpha value is -2.52. The lowest BCUT2D eigenvalue weighted by molar-refractivity contribution is 0.112. The molecular weight excluding hydrogens is 397 g/mol. The van der Waals surface area contributed by atoms with Crippen molar-refractivity contribution in [2.75, 3.05) is 7.05 Å². The van der Waals surface area contributed by atoms with Crippen molar-refractivity contribution >= 4 is 11.9 Å². The molecule has 3 heteroatoms. The Labute approximate surface area is 193 Å². The van der Waals surface area contributed by atoms with Gasteiger partial charge in [0.1, 0.15) is 12.1 Å². The topological polar surface area (TPSA) is 29.1 Å². The van der Waals surface area contributed by atoms with E-state index in [0.29, 0.717) is 12.0 Å². The van der Waals surface area contributed by atoms with Crippen molar-refractivity contribution in [1.29, 1.82) is 0 Å². The van der Waals surface area contributed by atoms with Gasteiger partial charge < -0.3 is 5.32 Å². The number of carbonyl (C=O) groups excluding carboxylic acids is 1. The summed E-state index contributed by atoms with van der Waals surface area (Å²) in [5.74, 6) is 1.07. The van der Waals surface area contributed by atoms with E-state index in [2.05, 4.69) is 38.9 Å². The normalized spacial score (nSPS) is 21.2. The summed E-state index contributed by atoms with van der Waals surface area (Å²) in [6.45, 7) is 10.2. The molecule has 0 heterocycles. The molecule has 3 unspecified atom stereocenters. The van der Waals surface area contributed by atoms with Gasteiger partial charge in [0.15, 0.2) is 0 Å². The van der Waals surface area contributed by atoms with Crippen molar-refractivity contribution in [3.05, 3.63) is 89.3 Å². The van der Waals surface area contributed by atoms with Gasteiger partial charge in [0.2, 0.25) is 0 Å². The van der Waals surface area contributed by atoms with Crippen LogP contribution >= 0.6 is 0 Å². The maximum Gasteiger partial charge on any atom is 0.150 e. The number of benzene rings is 2. The Morgan fingerprint density at radius 2 is 1.78 bits per heavy atom. The number of rotatable bonds is 6. The van der Waals surface area contributed by atoms with Gasteiger partial charge in [-0.15, -0.1) is 0 Å². The average Bonchev–Trinajstić information content (AvgIpc) is 3.02. The zero-order chi connectivity index (χ0) is 23.5. The molecule has 32 heavy (non-hydrogen) atoms. The molecule has 172 valence electrons. The van der Waals surface area contributed by atoms with Crippen molar-refractivity contribution in [3.8, 4) is 0 Å². The number of aldehydes is 1. The van der Waals surface area contributed by atoms with E-state index in [9.17, 15) is 9.18 Å². The van der Waals surface area contributed by atoms with Gasteiger partial charge in [-0.25, -0.2) is 4.39 Å². The average molecular weight is 436 g/mol. The zero-order valence-electron chi connectivity index (χ0n) is 20.0. The molecule has 3 rings (SSSR count). The number of hydrogen-bond donors (Lipinski definition) is 1. The summed E-state index contributed by atoms with van der Waals surface area (Å²) in [4.78, 5) is 10.1. The first-order valence-corrected chi connectivity index (χ1v) is 11.7.